The lowest BCUT2D eigenvalue weighted by Gasteiger charge is -2.22. The molecule has 1 amide bonds. The first-order valence-corrected chi connectivity index (χ1v) is 7.09. The predicted molar refractivity (Wildman–Crippen MR) is 75.5 cm³/mol. The molecule has 1 aromatic carbocycles. The first-order chi connectivity index (χ1) is 9.12. The summed E-state index contributed by atoms with van der Waals surface area (Å²) >= 11 is 3.32. The largest absolute Gasteiger partial charge is 0.416 e. The molecule has 2 nitrogen and oxygen atoms in total. The topological polar surface area (TPSA) is 20.3 Å². The molecular weight excluding hydrogens is 335 g/mol. The first kappa shape index (κ1) is 17.0. The highest BCUT2D eigenvalue weighted by molar-refractivity contribution is 9.10. The van der Waals surface area contributed by atoms with Crippen molar-refractivity contribution in [2.24, 2.45) is 5.92 Å². The number of benzene rings is 1. The van der Waals surface area contributed by atoms with Crippen LogP contribution >= 0.6 is 15.9 Å². The highest BCUT2D eigenvalue weighted by Crippen LogP contribution is 2.29. The third-order valence-corrected chi connectivity index (χ3v) is 4.35. The zero-order valence-corrected chi connectivity index (χ0v) is 13.1. The number of hydrogen-bond donors (Lipinski definition) is 0. The van der Waals surface area contributed by atoms with E-state index in [1.165, 1.54) is 17.0 Å². The quantitative estimate of drug-likeness (QED) is 0.748. The molecule has 0 N–H and O–H groups in total. The third-order valence-electron chi connectivity index (χ3n) is 2.90. The minimum Gasteiger partial charge on any atom is -0.340 e. The monoisotopic (exact) mass is 351 g/mol. The Bertz CT molecular complexity index is 456. The van der Waals surface area contributed by atoms with Gasteiger partial charge in [0.2, 0.25) is 5.91 Å². The lowest BCUT2D eigenvalue weighted by Crippen LogP contribution is -2.35. The van der Waals surface area contributed by atoms with E-state index in [0.717, 1.165) is 12.1 Å². The molecule has 0 aromatic heterocycles. The van der Waals surface area contributed by atoms with Gasteiger partial charge in [-0.05, 0) is 23.6 Å². The van der Waals surface area contributed by atoms with Crippen LogP contribution in [0.3, 0.4) is 0 Å². The van der Waals surface area contributed by atoms with E-state index >= 15 is 0 Å². The van der Waals surface area contributed by atoms with Crippen LogP contribution in [-0.4, -0.2) is 22.7 Å². The van der Waals surface area contributed by atoms with Gasteiger partial charge >= 0.3 is 6.18 Å². The first-order valence-electron chi connectivity index (χ1n) is 6.18. The van der Waals surface area contributed by atoms with Crippen LogP contribution in [0.1, 0.15) is 25.0 Å². The molecule has 0 spiro atoms. The van der Waals surface area contributed by atoms with Crippen molar-refractivity contribution < 1.29 is 18.0 Å². The van der Waals surface area contributed by atoms with E-state index < -0.39 is 11.7 Å². The SMILES string of the molecule is CC(C)C(Br)C(=O)N(C)Cc1ccc(C(F)(F)F)cc1. The highest BCUT2D eigenvalue weighted by Gasteiger charge is 2.30. The van der Waals surface area contributed by atoms with Crippen LogP contribution in [0.2, 0.25) is 0 Å². The number of carbonyl (C=O) groups excluding carboxylic acids is 1. The molecule has 0 aliphatic heterocycles. The standard InChI is InChI=1S/C14H17BrF3NO/c1-9(2)12(15)13(20)19(3)8-10-4-6-11(7-5-10)14(16,17)18/h4-7,9,12H,8H2,1-3H3. The number of halogens is 4. The van der Waals surface area contributed by atoms with Gasteiger partial charge in [-0.25, -0.2) is 0 Å². The Kier molecular flexibility index (Phi) is 5.62. The van der Waals surface area contributed by atoms with E-state index in [2.05, 4.69) is 15.9 Å². The van der Waals surface area contributed by atoms with E-state index in [-0.39, 0.29) is 23.2 Å². The van der Waals surface area contributed by atoms with Crippen LogP contribution in [0.25, 0.3) is 0 Å². The summed E-state index contributed by atoms with van der Waals surface area (Å²) in [6, 6.07) is 4.85. The molecule has 1 rings (SSSR count). The van der Waals surface area contributed by atoms with Crippen molar-refractivity contribution in [3.8, 4) is 0 Å². The minimum absolute atomic E-state index is 0.0834. The molecule has 112 valence electrons. The van der Waals surface area contributed by atoms with Gasteiger partial charge in [-0.15, -0.1) is 0 Å². The Hall–Kier alpha value is -1.04. The van der Waals surface area contributed by atoms with Crippen molar-refractivity contribution in [3.63, 3.8) is 0 Å². The molecular formula is C14H17BrF3NO. The Morgan fingerprint density at radius 2 is 1.75 bits per heavy atom. The lowest BCUT2D eigenvalue weighted by atomic mass is 10.1. The van der Waals surface area contributed by atoms with Crippen LogP contribution in [0.15, 0.2) is 24.3 Å². The number of nitrogens with zero attached hydrogens (tertiary/aromatic N) is 1. The summed E-state index contributed by atoms with van der Waals surface area (Å²) < 4.78 is 37.3. The van der Waals surface area contributed by atoms with E-state index in [4.69, 9.17) is 0 Å². The normalized spacial score (nSPS) is 13.4. The maximum Gasteiger partial charge on any atom is 0.416 e. The van der Waals surface area contributed by atoms with E-state index in [1.807, 2.05) is 13.8 Å². The molecule has 0 heterocycles. The summed E-state index contributed by atoms with van der Waals surface area (Å²) in [6.07, 6.45) is -4.33. The average Bonchev–Trinajstić information content (AvgIpc) is 2.36. The van der Waals surface area contributed by atoms with Gasteiger partial charge in [-0.1, -0.05) is 41.9 Å². The molecule has 0 aliphatic carbocycles. The van der Waals surface area contributed by atoms with Crippen molar-refractivity contribution in [2.45, 2.75) is 31.4 Å². The van der Waals surface area contributed by atoms with Crippen LogP contribution in [0.5, 0.6) is 0 Å². The molecule has 0 saturated carbocycles. The summed E-state index contributed by atoms with van der Waals surface area (Å²) in [7, 11) is 1.64. The number of hydrogen-bond acceptors (Lipinski definition) is 1. The van der Waals surface area contributed by atoms with Crippen LogP contribution in [0, 0.1) is 5.92 Å². The van der Waals surface area contributed by atoms with Gasteiger partial charge in [-0.2, -0.15) is 13.2 Å². The van der Waals surface area contributed by atoms with Crippen LogP contribution < -0.4 is 0 Å². The maximum atomic E-state index is 12.4. The number of alkyl halides is 4. The molecule has 0 aliphatic rings. The summed E-state index contributed by atoms with van der Waals surface area (Å²) in [5.41, 5.74) is -0.0203. The van der Waals surface area contributed by atoms with Gasteiger partial charge < -0.3 is 4.90 Å². The van der Waals surface area contributed by atoms with Gasteiger partial charge in [0.1, 0.15) is 0 Å². The number of amides is 1. The Morgan fingerprint density at radius 1 is 1.25 bits per heavy atom. The zero-order chi connectivity index (χ0) is 15.5. The molecule has 20 heavy (non-hydrogen) atoms. The van der Waals surface area contributed by atoms with Crippen LogP contribution in [-0.2, 0) is 17.5 Å². The van der Waals surface area contributed by atoms with Crippen molar-refractivity contribution in [1.82, 2.24) is 4.90 Å². The zero-order valence-electron chi connectivity index (χ0n) is 11.5. The molecule has 0 radical (unpaired) electrons. The van der Waals surface area contributed by atoms with Crippen molar-refractivity contribution >= 4 is 21.8 Å². The minimum atomic E-state index is -4.33. The Morgan fingerprint density at radius 3 is 2.15 bits per heavy atom. The second-order valence-electron chi connectivity index (χ2n) is 5.03. The molecule has 6 heteroatoms. The maximum absolute atomic E-state index is 12.4. The number of rotatable bonds is 4. The smallest absolute Gasteiger partial charge is 0.340 e. The van der Waals surface area contributed by atoms with Gasteiger partial charge in [0.05, 0.1) is 10.4 Å². The average molecular weight is 352 g/mol. The fourth-order valence-electron chi connectivity index (χ4n) is 1.65. The summed E-state index contributed by atoms with van der Waals surface area (Å²) in [5.74, 6) is 0.0671. The highest BCUT2D eigenvalue weighted by atomic mass is 79.9. The molecule has 0 saturated heterocycles. The Labute approximate surface area is 125 Å². The van der Waals surface area contributed by atoms with Gasteiger partial charge in [0.25, 0.3) is 0 Å². The van der Waals surface area contributed by atoms with E-state index in [9.17, 15) is 18.0 Å². The van der Waals surface area contributed by atoms with Crippen molar-refractivity contribution in [2.75, 3.05) is 7.05 Å². The second-order valence-corrected chi connectivity index (χ2v) is 6.02. The van der Waals surface area contributed by atoms with Gasteiger partial charge in [0, 0.05) is 13.6 Å². The fourth-order valence-corrected chi connectivity index (χ4v) is 2.00. The number of carbonyl (C=O) groups is 1. The van der Waals surface area contributed by atoms with Crippen LogP contribution in [0.4, 0.5) is 13.2 Å². The van der Waals surface area contributed by atoms with E-state index in [0.29, 0.717) is 5.56 Å². The van der Waals surface area contributed by atoms with Crippen molar-refractivity contribution in [1.29, 1.82) is 0 Å². The molecule has 1 aromatic rings. The summed E-state index contributed by atoms with van der Waals surface area (Å²) in [5, 5.41) is 0. The molecule has 0 bridgehead atoms. The summed E-state index contributed by atoms with van der Waals surface area (Å²) in [4.78, 5) is 13.2. The molecule has 1 unspecified atom stereocenters. The molecule has 1 atom stereocenters. The Balaban J connectivity index is 2.72. The van der Waals surface area contributed by atoms with Gasteiger partial charge in [0.15, 0.2) is 0 Å². The molecule has 0 fully saturated rings. The van der Waals surface area contributed by atoms with Gasteiger partial charge in [-0.3, -0.25) is 4.79 Å². The lowest BCUT2D eigenvalue weighted by molar-refractivity contribution is -0.137. The predicted octanol–water partition coefficient (Wildman–Crippen LogP) is 4.08. The van der Waals surface area contributed by atoms with Crippen molar-refractivity contribution in [3.05, 3.63) is 35.4 Å². The van der Waals surface area contributed by atoms with E-state index in [1.54, 1.807) is 7.05 Å². The second kappa shape index (κ2) is 6.61. The fraction of sp³-hybridized carbons (Fsp3) is 0.500. The summed E-state index contributed by atoms with van der Waals surface area (Å²) in [6.45, 7) is 4.12. The third kappa shape index (κ3) is 4.51.